The Kier molecular flexibility index (Phi) is 5.13. The second kappa shape index (κ2) is 6.28. The van der Waals surface area contributed by atoms with Crippen LogP contribution in [0.25, 0.3) is 11.3 Å². The molecule has 0 aromatic rings. The van der Waals surface area contributed by atoms with E-state index in [2.05, 4.69) is 75.3 Å². The number of halogens is 2. The summed E-state index contributed by atoms with van der Waals surface area (Å²) in [7, 11) is -0.992. The number of rotatable bonds is 5. The fourth-order valence-corrected chi connectivity index (χ4v) is 3.80. The molecule has 0 fully saturated rings. The van der Waals surface area contributed by atoms with Crippen LogP contribution >= 0.6 is 38.5 Å². The highest BCUT2D eigenvalue weighted by atomic mass is 127. The molecule has 0 unspecified atom stereocenters. The van der Waals surface area contributed by atoms with Crippen LogP contribution in [0.15, 0.2) is 22.8 Å². The SMILES string of the molecule is C[Si](C)(C)CCOCc1cc(I)c2cc(Br)c[nH]c1-2. The maximum absolute atomic E-state index is 5.85. The molecule has 1 heterocycles. The van der Waals surface area contributed by atoms with Crippen molar-refractivity contribution in [3.05, 3.63) is 31.9 Å². The molecule has 2 aliphatic rings. The van der Waals surface area contributed by atoms with Gasteiger partial charge < -0.3 is 9.72 Å². The van der Waals surface area contributed by atoms with E-state index in [1.807, 2.05) is 6.20 Å². The zero-order valence-electron chi connectivity index (χ0n) is 11.5. The summed E-state index contributed by atoms with van der Waals surface area (Å²) >= 11 is 5.88. The summed E-state index contributed by atoms with van der Waals surface area (Å²) in [5.74, 6) is 0. The number of H-pyrrole nitrogens is 1. The van der Waals surface area contributed by atoms with Crippen LogP contribution in [0.1, 0.15) is 5.56 Å². The second-order valence-electron chi connectivity index (χ2n) is 5.99. The Balaban J connectivity index is 2.02. The molecule has 0 radical (unpaired) electrons. The predicted molar refractivity (Wildman–Crippen MR) is 95.6 cm³/mol. The number of pyridine rings is 1. The molecule has 2 rings (SSSR count). The predicted octanol–water partition coefficient (Wildman–Crippen LogP) is 5.34. The van der Waals surface area contributed by atoms with E-state index in [-0.39, 0.29) is 0 Å². The smallest absolute Gasteiger partial charge is 0.0737 e. The number of aromatic amines is 1. The van der Waals surface area contributed by atoms with Crippen LogP contribution in [0.3, 0.4) is 0 Å². The van der Waals surface area contributed by atoms with Crippen molar-refractivity contribution in [2.24, 2.45) is 0 Å². The van der Waals surface area contributed by atoms with E-state index in [1.165, 1.54) is 26.4 Å². The second-order valence-corrected chi connectivity index (χ2v) is 13.7. The Morgan fingerprint density at radius 1 is 1.32 bits per heavy atom. The Morgan fingerprint density at radius 2 is 2.05 bits per heavy atom. The summed E-state index contributed by atoms with van der Waals surface area (Å²) in [6.07, 6.45) is 1.98. The molecule has 0 bridgehead atoms. The molecule has 5 heteroatoms. The van der Waals surface area contributed by atoms with Crippen molar-refractivity contribution in [3.8, 4) is 11.3 Å². The number of nitrogens with one attached hydrogen (secondary N) is 1. The van der Waals surface area contributed by atoms with E-state index in [4.69, 9.17) is 4.74 Å². The zero-order valence-corrected chi connectivity index (χ0v) is 16.3. The molecule has 19 heavy (non-hydrogen) atoms. The number of aromatic nitrogens is 1. The molecule has 0 aromatic carbocycles. The van der Waals surface area contributed by atoms with Gasteiger partial charge in [0.25, 0.3) is 0 Å². The topological polar surface area (TPSA) is 25.0 Å². The lowest BCUT2D eigenvalue weighted by Crippen LogP contribution is -2.21. The molecule has 2 nitrogen and oxygen atoms in total. The molecule has 0 atom stereocenters. The minimum Gasteiger partial charge on any atom is -0.377 e. The summed E-state index contributed by atoms with van der Waals surface area (Å²) in [6.45, 7) is 8.70. The van der Waals surface area contributed by atoms with Gasteiger partial charge in [0.15, 0.2) is 0 Å². The van der Waals surface area contributed by atoms with Crippen LogP contribution in [0.4, 0.5) is 0 Å². The lowest BCUT2D eigenvalue weighted by Gasteiger charge is -2.15. The average Bonchev–Trinajstić information content (AvgIpc) is 2.60. The van der Waals surface area contributed by atoms with Crippen LogP contribution in [-0.4, -0.2) is 19.7 Å². The third kappa shape index (κ3) is 4.31. The quantitative estimate of drug-likeness (QED) is 0.370. The standard InChI is InChI=1S/C14H19BrINOSi/c1-19(2,3)5-4-18-9-10-6-13(16)12-7-11(15)8-17-14(10)12/h6-8,17H,4-5,9H2,1-3H3. The van der Waals surface area contributed by atoms with Gasteiger partial charge in [-0.25, -0.2) is 0 Å². The Labute approximate surface area is 137 Å². The minimum absolute atomic E-state index is 0.697. The van der Waals surface area contributed by atoms with Crippen molar-refractivity contribution >= 4 is 46.6 Å². The maximum atomic E-state index is 5.85. The van der Waals surface area contributed by atoms with Gasteiger partial charge in [0.1, 0.15) is 0 Å². The minimum atomic E-state index is -0.992. The van der Waals surface area contributed by atoms with Crippen molar-refractivity contribution in [1.29, 1.82) is 0 Å². The first-order valence-electron chi connectivity index (χ1n) is 6.39. The van der Waals surface area contributed by atoms with Crippen molar-refractivity contribution in [1.82, 2.24) is 4.98 Å². The van der Waals surface area contributed by atoms with Crippen LogP contribution in [0.2, 0.25) is 25.7 Å². The molecule has 0 aromatic heterocycles. The van der Waals surface area contributed by atoms with Gasteiger partial charge in [-0.1, -0.05) is 19.6 Å². The van der Waals surface area contributed by atoms with E-state index in [0.29, 0.717) is 6.61 Å². The molecule has 1 aliphatic heterocycles. The molecule has 0 spiro atoms. The summed E-state index contributed by atoms with van der Waals surface area (Å²) in [5, 5.41) is 0. The van der Waals surface area contributed by atoms with Crippen molar-refractivity contribution in [2.45, 2.75) is 32.3 Å². The summed E-state index contributed by atoms with van der Waals surface area (Å²) in [5.41, 5.74) is 3.71. The fraction of sp³-hybridized carbons (Fsp3) is 0.429. The van der Waals surface area contributed by atoms with Crippen LogP contribution in [0, 0.1) is 3.57 Å². The molecule has 0 saturated heterocycles. The van der Waals surface area contributed by atoms with Crippen molar-refractivity contribution in [2.75, 3.05) is 6.61 Å². The molecule has 0 saturated carbocycles. The van der Waals surface area contributed by atoms with Gasteiger partial charge in [-0.3, -0.25) is 0 Å². The molecule has 1 aliphatic carbocycles. The summed E-state index contributed by atoms with van der Waals surface area (Å²) in [6, 6.07) is 5.58. The highest BCUT2D eigenvalue weighted by Crippen LogP contribution is 2.34. The lowest BCUT2D eigenvalue weighted by atomic mass is 10.2. The third-order valence-electron chi connectivity index (χ3n) is 3.04. The van der Waals surface area contributed by atoms with E-state index in [1.54, 1.807) is 0 Å². The molecular formula is C14H19BrINOSi. The van der Waals surface area contributed by atoms with Crippen LogP contribution in [0.5, 0.6) is 0 Å². The number of hydrogen-bond donors (Lipinski definition) is 1. The first-order valence-corrected chi connectivity index (χ1v) is 12.0. The fourth-order valence-electron chi connectivity index (χ4n) is 1.90. The highest BCUT2D eigenvalue weighted by Gasteiger charge is 2.16. The normalized spacial score (nSPS) is 12.3. The number of ether oxygens (including phenoxy) is 1. The van der Waals surface area contributed by atoms with Crippen molar-refractivity contribution < 1.29 is 4.74 Å². The Bertz CT molecular complexity index is 535. The molecule has 1 N–H and O–H groups in total. The molecule has 0 amide bonds. The van der Waals surface area contributed by atoms with E-state index < -0.39 is 8.07 Å². The monoisotopic (exact) mass is 451 g/mol. The first-order chi connectivity index (χ1) is 8.87. The number of fused-ring (bicyclic) bond motifs is 1. The summed E-state index contributed by atoms with van der Waals surface area (Å²) < 4.78 is 8.20. The van der Waals surface area contributed by atoms with Crippen molar-refractivity contribution in [3.63, 3.8) is 0 Å². The van der Waals surface area contributed by atoms with Gasteiger partial charge in [-0.15, -0.1) is 0 Å². The summed E-state index contributed by atoms with van der Waals surface area (Å²) in [4.78, 5) is 3.34. The Hall–Kier alpha value is 0.147. The Morgan fingerprint density at radius 3 is 2.74 bits per heavy atom. The average molecular weight is 452 g/mol. The van der Waals surface area contributed by atoms with Gasteiger partial charge in [0, 0.05) is 40.0 Å². The van der Waals surface area contributed by atoms with E-state index in [9.17, 15) is 0 Å². The van der Waals surface area contributed by atoms with Gasteiger partial charge >= 0.3 is 0 Å². The van der Waals surface area contributed by atoms with Gasteiger partial charge in [-0.2, -0.15) is 0 Å². The van der Waals surface area contributed by atoms with E-state index >= 15 is 0 Å². The van der Waals surface area contributed by atoms with Gasteiger partial charge in [0.2, 0.25) is 0 Å². The van der Waals surface area contributed by atoms with E-state index in [0.717, 1.165) is 11.1 Å². The largest absolute Gasteiger partial charge is 0.377 e. The first kappa shape index (κ1) is 15.5. The molecular weight excluding hydrogens is 433 g/mol. The van der Waals surface area contributed by atoms with Crippen LogP contribution < -0.4 is 0 Å². The number of hydrogen-bond acceptors (Lipinski definition) is 1. The van der Waals surface area contributed by atoms with Gasteiger partial charge in [0.05, 0.1) is 12.3 Å². The van der Waals surface area contributed by atoms with Gasteiger partial charge in [-0.05, 0) is 56.7 Å². The molecule has 104 valence electrons. The zero-order chi connectivity index (χ0) is 14.0. The highest BCUT2D eigenvalue weighted by molar-refractivity contribution is 14.1. The maximum Gasteiger partial charge on any atom is 0.0737 e. The van der Waals surface area contributed by atoms with Crippen LogP contribution in [-0.2, 0) is 11.3 Å². The lowest BCUT2D eigenvalue weighted by molar-refractivity contribution is 0.133. The third-order valence-corrected chi connectivity index (χ3v) is 6.09.